The van der Waals surface area contributed by atoms with E-state index < -0.39 is 0 Å². The zero-order valence-electron chi connectivity index (χ0n) is 15.0. The molecule has 0 spiro atoms. The van der Waals surface area contributed by atoms with E-state index >= 15 is 0 Å². The molecule has 1 aliphatic carbocycles. The van der Waals surface area contributed by atoms with Gasteiger partial charge < -0.3 is 19.5 Å². The molecule has 2 atom stereocenters. The summed E-state index contributed by atoms with van der Waals surface area (Å²) in [6.07, 6.45) is 2.45. The molecular weight excluding hydrogens is 308 g/mol. The smallest absolute Gasteiger partial charge is 0.317 e. The zero-order valence-corrected chi connectivity index (χ0v) is 15.0. The molecule has 2 heterocycles. The lowest BCUT2D eigenvalue weighted by Crippen LogP contribution is -2.69. The van der Waals surface area contributed by atoms with Crippen LogP contribution in [-0.4, -0.2) is 65.9 Å². The van der Waals surface area contributed by atoms with E-state index in [1.807, 2.05) is 11.0 Å². The highest BCUT2D eigenvalue weighted by molar-refractivity contribution is 5.75. The lowest BCUT2D eigenvalue weighted by Gasteiger charge is -2.59. The van der Waals surface area contributed by atoms with Crippen LogP contribution in [0.25, 0.3) is 0 Å². The summed E-state index contributed by atoms with van der Waals surface area (Å²) < 4.78 is 10.5. The number of carbonyl (C=O) groups excluding carboxylic acids is 1. The summed E-state index contributed by atoms with van der Waals surface area (Å²) in [6.45, 7) is 10.4. The van der Waals surface area contributed by atoms with Gasteiger partial charge in [-0.25, -0.2) is 4.79 Å². The van der Waals surface area contributed by atoms with Gasteiger partial charge in [-0.2, -0.15) is 0 Å². The van der Waals surface area contributed by atoms with Gasteiger partial charge in [0, 0.05) is 57.4 Å². The molecule has 0 radical (unpaired) electrons. The Kier molecular flexibility index (Phi) is 4.57. The molecule has 1 N–H and O–H groups in total. The SMILES string of the molecule is CO[C@]1(C)C[C@@H](NC(=O)N2CCN(Cc3ccon3)CC2)C1(C)C. The molecule has 1 aromatic heterocycles. The number of urea groups is 1. The van der Waals surface area contributed by atoms with Gasteiger partial charge in [-0.1, -0.05) is 19.0 Å². The number of nitrogens with one attached hydrogen (secondary N) is 1. The first-order valence-corrected chi connectivity index (χ1v) is 8.58. The van der Waals surface area contributed by atoms with Crippen LogP contribution in [0.5, 0.6) is 0 Å². The van der Waals surface area contributed by atoms with Crippen LogP contribution in [0.2, 0.25) is 0 Å². The maximum absolute atomic E-state index is 12.5. The van der Waals surface area contributed by atoms with E-state index in [2.05, 4.69) is 36.1 Å². The predicted octanol–water partition coefficient (Wildman–Crippen LogP) is 1.71. The van der Waals surface area contributed by atoms with Crippen LogP contribution < -0.4 is 5.32 Å². The predicted molar refractivity (Wildman–Crippen MR) is 89.5 cm³/mol. The van der Waals surface area contributed by atoms with Gasteiger partial charge in [0.15, 0.2) is 0 Å². The van der Waals surface area contributed by atoms with Crippen LogP contribution in [0, 0.1) is 5.41 Å². The number of ether oxygens (including phenoxy) is 1. The Balaban J connectivity index is 1.46. The number of carbonyl (C=O) groups is 1. The second-order valence-electron chi connectivity index (χ2n) is 7.62. The molecule has 1 saturated heterocycles. The summed E-state index contributed by atoms with van der Waals surface area (Å²) in [5.41, 5.74) is 0.705. The molecule has 0 bridgehead atoms. The fraction of sp³-hybridized carbons (Fsp3) is 0.765. The van der Waals surface area contributed by atoms with Gasteiger partial charge in [-0.3, -0.25) is 4.90 Å². The molecule has 2 amide bonds. The van der Waals surface area contributed by atoms with E-state index in [0.717, 1.165) is 44.8 Å². The molecule has 1 aromatic rings. The summed E-state index contributed by atoms with van der Waals surface area (Å²) in [5, 5.41) is 7.13. The molecule has 1 saturated carbocycles. The largest absolute Gasteiger partial charge is 0.378 e. The number of hydrogen-bond donors (Lipinski definition) is 1. The number of amides is 2. The highest BCUT2D eigenvalue weighted by Gasteiger charge is 2.58. The van der Waals surface area contributed by atoms with Crippen LogP contribution in [-0.2, 0) is 11.3 Å². The standard InChI is InChI=1S/C17H28N4O3/c1-16(2)14(11-17(16,3)23-4)18-15(22)21-8-6-20(7-9-21)12-13-5-10-24-19-13/h5,10,14H,6-9,11-12H2,1-4H3,(H,18,22)/t14-,17-/m1/s1. The van der Waals surface area contributed by atoms with E-state index in [9.17, 15) is 4.79 Å². The van der Waals surface area contributed by atoms with Crippen molar-refractivity contribution >= 4 is 6.03 Å². The average Bonchev–Trinajstić information content (AvgIpc) is 3.07. The van der Waals surface area contributed by atoms with Crippen LogP contribution in [0.15, 0.2) is 16.9 Å². The van der Waals surface area contributed by atoms with Crippen molar-refractivity contribution in [3.8, 4) is 0 Å². The Morgan fingerprint density at radius 1 is 1.38 bits per heavy atom. The summed E-state index contributed by atoms with van der Waals surface area (Å²) >= 11 is 0. The van der Waals surface area contributed by atoms with Gasteiger partial charge in [-0.05, 0) is 13.3 Å². The normalized spacial score (nSPS) is 30.0. The van der Waals surface area contributed by atoms with Crippen molar-refractivity contribution < 1.29 is 14.1 Å². The summed E-state index contributed by atoms with van der Waals surface area (Å²) in [6, 6.07) is 2.07. The Bertz CT molecular complexity index is 566. The van der Waals surface area contributed by atoms with E-state index in [0.29, 0.717) is 0 Å². The second kappa shape index (κ2) is 6.37. The minimum absolute atomic E-state index is 0.0346. The molecule has 24 heavy (non-hydrogen) atoms. The van der Waals surface area contributed by atoms with E-state index in [1.54, 1.807) is 13.4 Å². The van der Waals surface area contributed by atoms with Gasteiger partial charge in [0.25, 0.3) is 0 Å². The lowest BCUT2D eigenvalue weighted by molar-refractivity contribution is -0.177. The average molecular weight is 336 g/mol. The van der Waals surface area contributed by atoms with Crippen molar-refractivity contribution in [1.29, 1.82) is 0 Å². The number of piperazine rings is 1. The molecule has 134 valence electrons. The molecule has 0 unspecified atom stereocenters. The van der Waals surface area contributed by atoms with Gasteiger partial charge in [0.05, 0.1) is 11.3 Å². The molecule has 0 aromatic carbocycles. The highest BCUT2D eigenvalue weighted by Crippen LogP contribution is 2.51. The van der Waals surface area contributed by atoms with Crippen molar-refractivity contribution in [2.24, 2.45) is 5.41 Å². The first-order chi connectivity index (χ1) is 11.4. The summed E-state index contributed by atoms with van der Waals surface area (Å²) in [7, 11) is 1.74. The van der Waals surface area contributed by atoms with Gasteiger partial charge in [0.1, 0.15) is 6.26 Å². The Morgan fingerprint density at radius 2 is 2.08 bits per heavy atom. The number of aromatic nitrogens is 1. The fourth-order valence-electron chi connectivity index (χ4n) is 3.62. The van der Waals surface area contributed by atoms with Crippen LogP contribution >= 0.6 is 0 Å². The van der Waals surface area contributed by atoms with E-state index in [4.69, 9.17) is 9.26 Å². The minimum atomic E-state index is -0.165. The van der Waals surface area contributed by atoms with Gasteiger partial charge in [0.2, 0.25) is 0 Å². The highest BCUT2D eigenvalue weighted by atomic mass is 16.5. The van der Waals surface area contributed by atoms with Crippen LogP contribution in [0.1, 0.15) is 32.9 Å². The van der Waals surface area contributed by atoms with Crippen LogP contribution in [0.4, 0.5) is 4.79 Å². The second-order valence-corrected chi connectivity index (χ2v) is 7.62. The minimum Gasteiger partial charge on any atom is -0.378 e. The number of hydrogen-bond acceptors (Lipinski definition) is 5. The summed E-state index contributed by atoms with van der Waals surface area (Å²) in [5.74, 6) is 0. The van der Waals surface area contributed by atoms with Crippen molar-refractivity contribution in [3.05, 3.63) is 18.0 Å². The Labute approximate surface area is 143 Å². The van der Waals surface area contributed by atoms with E-state index in [-0.39, 0.29) is 23.1 Å². The summed E-state index contributed by atoms with van der Waals surface area (Å²) in [4.78, 5) is 16.7. The molecule has 7 heteroatoms. The maximum Gasteiger partial charge on any atom is 0.317 e. The van der Waals surface area contributed by atoms with Crippen molar-refractivity contribution in [1.82, 2.24) is 20.3 Å². The topological polar surface area (TPSA) is 70.8 Å². The molecule has 2 fully saturated rings. The first-order valence-electron chi connectivity index (χ1n) is 8.58. The molecule has 3 rings (SSSR count). The Hall–Kier alpha value is -1.60. The molecular formula is C17H28N4O3. The van der Waals surface area contributed by atoms with Gasteiger partial charge >= 0.3 is 6.03 Å². The number of methoxy groups -OCH3 is 1. The molecule has 7 nitrogen and oxygen atoms in total. The lowest BCUT2D eigenvalue weighted by atomic mass is 9.56. The third-order valence-electron chi connectivity index (χ3n) is 6.11. The van der Waals surface area contributed by atoms with Gasteiger partial charge in [-0.15, -0.1) is 0 Å². The fourth-order valence-corrected chi connectivity index (χ4v) is 3.62. The van der Waals surface area contributed by atoms with Crippen molar-refractivity contribution in [2.75, 3.05) is 33.3 Å². The Morgan fingerprint density at radius 3 is 2.62 bits per heavy atom. The molecule has 2 aliphatic rings. The zero-order chi connectivity index (χ0) is 17.4. The van der Waals surface area contributed by atoms with Crippen molar-refractivity contribution in [3.63, 3.8) is 0 Å². The third-order valence-corrected chi connectivity index (χ3v) is 6.11. The first kappa shape index (κ1) is 17.2. The number of rotatable bonds is 4. The maximum atomic E-state index is 12.5. The van der Waals surface area contributed by atoms with Crippen molar-refractivity contribution in [2.45, 2.75) is 45.4 Å². The monoisotopic (exact) mass is 336 g/mol. The van der Waals surface area contributed by atoms with Crippen LogP contribution in [0.3, 0.4) is 0 Å². The number of nitrogens with zero attached hydrogens (tertiary/aromatic N) is 3. The molecule has 1 aliphatic heterocycles. The van der Waals surface area contributed by atoms with E-state index in [1.165, 1.54) is 0 Å². The quantitative estimate of drug-likeness (QED) is 0.906. The third kappa shape index (κ3) is 3.02.